The molecule has 4 nitrogen and oxygen atoms in total. The molecule has 0 fully saturated rings. The molecule has 6 heteroatoms. The fourth-order valence-corrected chi connectivity index (χ4v) is 6.81. The number of aryl methyl sites for hydroxylation is 3. The first-order valence-electron chi connectivity index (χ1n) is 12.6. The van der Waals surface area contributed by atoms with Crippen molar-refractivity contribution in [1.29, 1.82) is 0 Å². The molecule has 2 aromatic rings. The molecule has 2 aromatic carbocycles. The van der Waals surface area contributed by atoms with Crippen LogP contribution in [0.2, 0.25) is 0 Å². The molecule has 1 N–H and O–H groups in total. The van der Waals surface area contributed by atoms with Gasteiger partial charge in [0.15, 0.2) is 5.37 Å². The van der Waals surface area contributed by atoms with Gasteiger partial charge in [-0.15, -0.1) is 0 Å². The van der Waals surface area contributed by atoms with Crippen molar-refractivity contribution in [3.63, 3.8) is 0 Å². The van der Waals surface area contributed by atoms with Crippen LogP contribution in [0.15, 0.2) is 40.1 Å². The standard InChI is InChI=1S/C27H39NO3S2/c1-5-9-13-20-18-22(15-11-7-3)27-23(19-20)28(25(8-4)33(29,30)31)26-21(14-10-6-2)16-12-17-24(26)32-27/h12,16-19,25H,5-11,13-15H2,1-4H3,(H,29,30,31). The van der Waals surface area contributed by atoms with Crippen molar-refractivity contribution >= 4 is 33.3 Å². The second kappa shape index (κ2) is 11.8. The monoisotopic (exact) mass is 489 g/mol. The molecule has 1 atom stereocenters. The van der Waals surface area contributed by atoms with Crippen molar-refractivity contribution < 1.29 is 13.0 Å². The number of nitrogens with zero attached hydrogens (tertiary/aromatic N) is 1. The first-order valence-corrected chi connectivity index (χ1v) is 14.9. The molecule has 1 aliphatic rings. The van der Waals surface area contributed by atoms with E-state index in [2.05, 4.69) is 51.1 Å². The summed E-state index contributed by atoms with van der Waals surface area (Å²) >= 11 is 1.76. The summed E-state index contributed by atoms with van der Waals surface area (Å²) in [6.45, 7) is 8.41. The number of benzene rings is 2. The number of rotatable bonds is 12. The SMILES string of the molecule is CCCCc1cc(CCCC)c2c(c1)N(C(CC)S(=O)(=O)O)c1c(CCCC)cccc1S2. The molecule has 0 amide bonds. The Morgan fingerprint density at radius 2 is 1.55 bits per heavy atom. The quantitative estimate of drug-likeness (QED) is 0.307. The molecule has 182 valence electrons. The van der Waals surface area contributed by atoms with Gasteiger partial charge in [-0.05, 0) is 73.8 Å². The van der Waals surface area contributed by atoms with E-state index in [1.165, 1.54) is 11.1 Å². The highest BCUT2D eigenvalue weighted by Gasteiger charge is 2.37. The van der Waals surface area contributed by atoms with Gasteiger partial charge in [-0.25, -0.2) is 0 Å². The third-order valence-electron chi connectivity index (χ3n) is 6.40. The van der Waals surface area contributed by atoms with Crippen LogP contribution in [0.1, 0.15) is 89.3 Å². The number of hydrogen-bond acceptors (Lipinski definition) is 4. The maximum Gasteiger partial charge on any atom is 0.286 e. The molecule has 0 radical (unpaired) electrons. The van der Waals surface area contributed by atoms with E-state index >= 15 is 0 Å². The number of para-hydroxylation sites is 1. The first kappa shape index (κ1) is 26.1. The van der Waals surface area contributed by atoms with E-state index in [9.17, 15) is 13.0 Å². The van der Waals surface area contributed by atoms with Gasteiger partial charge < -0.3 is 4.90 Å². The number of anilines is 2. The average molecular weight is 490 g/mol. The zero-order valence-electron chi connectivity index (χ0n) is 20.6. The Morgan fingerprint density at radius 1 is 0.909 bits per heavy atom. The van der Waals surface area contributed by atoms with Crippen LogP contribution in [0.5, 0.6) is 0 Å². The Hall–Kier alpha value is -1.50. The summed E-state index contributed by atoms with van der Waals surface area (Å²) in [6, 6.07) is 10.8. The zero-order valence-corrected chi connectivity index (χ0v) is 22.2. The highest BCUT2D eigenvalue weighted by Crippen LogP contribution is 2.53. The zero-order chi connectivity index (χ0) is 24.0. The molecule has 3 rings (SSSR count). The van der Waals surface area contributed by atoms with Gasteiger partial charge in [-0.2, -0.15) is 8.42 Å². The predicted molar refractivity (Wildman–Crippen MR) is 141 cm³/mol. The van der Waals surface area contributed by atoms with E-state index in [4.69, 9.17) is 0 Å². The molecule has 0 aliphatic carbocycles. The van der Waals surface area contributed by atoms with Gasteiger partial charge in [-0.1, -0.05) is 76.9 Å². The lowest BCUT2D eigenvalue weighted by molar-refractivity contribution is 0.464. The molecule has 0 aromatic heterocycles. The molecule has 1 unspecified atom stereocenters. The highest BCUT2D eigenvalue weighted by molar-refractivity contribution is 7.99. The Bertz CT molecular complexity index is 1050. The molecular weight excluding hydrogens is 450 g/mol. The van der Waals surface area contributed by atoms with Gasteiger partial charge in [0.1, 0.15) is 0 Å². The fraction of sp³-hybridized carbons (Fsp3) is 0.556. The smallest absolute Gasteiger partial charge is 0.286 e. The van der Waals surface area contributed by atoms with Crippen LogP contribution in [-0.2, 0) is 29.4 Å². The van der Waals surface area contributed by atoms with Crippen LogP contribution in [0.4, 0.5) is 11.4 Å². The molecule has 1 aliphatic heterocycles. The van der Waals surface area contributed by atoms with Crippen LogP contribution >= 0.6 is 11.8 Å². The molecule has 0 spiro atoms. The van der Waals surface area contributed by atoms with Crippen LogP contribution in [-0.4, -0.2) is 18.3 Å². The molecule has 33 heavy (non-hydrogen) atoms. The van der Waals surface area contributed by atoms with Crippen LogP contribution in [0.3, 0.4) is 0 Å². The summed E-state index contributed by atoms with van der Waals surface area (Å²) in [7, 11) is -4.28. The van der Waals surface area contributed by atoms with Crippen LogP contribution < -0.4 is 4.90 Å². The second-order valence-corrected chi connectivity index (χ2v) is 11.7. The van der Waals surface area contributed by atoms with Crippen LogP contribution in [0.25, 0.3) is 0 Å². The summed E-state index contributed by atoms with van der Waals surface area (Å²) in [5.74, 6) is 0. The van der Waals surface area contributed by atoms with E-state index in [0.29, 0.717) is 6.42 Å². The molecule has 0 saturated carbocycles. The minimum Gasteiger partial charge on any atom is -0.319 e. The normalized spacial score (nSPS) is 14.2. The minimum atomic E-state index is -4.28. The Morgan fingerprint density at radius 3 is 2.15 bits per heavy atom. The van der Waals surface area contributed by atoms with E-state index in [-0.39, 0.29) is 0 Å². The van der Waals surface area contributed by atoms with Gasteiger partial charge in [0, 0.05) is 9.79 Å². The largest absolute Gasteiger partial charge is 0.319 e. The van der Waals surface area contributed by atoms with Crippen molar-refractivity contribution in [3.05, 3.63) is 47.0 Å². The summed E-state index contributed by atoms with van der Waals surface area (Å²) in [4.78, 5) is 4.18. The maximum atomic E-state index is 12.6. The molecule has 1 heterocycles. The van der Waals surface area contributed by atoms with Crippen molar-refractivity contribution in [2.24, 2.45) is 0 Å². The lowest BCUT2D eigenvalue weighted by Gasteiger charge is -2.39. The third kappa shape index (κ3) is 5.95. The second-order valence-electron chi connectivity index (χ2n) is 9.03. The van der Waals surface area contributed by atoms with E-state index < -0.39 is 15.5 Å². The number of hydrogen-bond donors (Lipinski definition) is 1. The number of fused-ring (bicyclic) bond motifs is 2. The molecule has 0 bridgehead atoms. The van der Waals surface area contributed by atoms with Crippen molar-refractivity contribution in [2.75, 3.05) is 4.90 Å². The van der Waals surface area contributed by atoms with Crippen molar-refractivity contribution in [1.82, 2.24) is 0 Å². The summed E-state index contributed by atoms with van der Waals surface area (Å²) < 4.78 is 35.5. The summed E-state index contributed by atoms with van der Waals surface area (Å²) in [5.41, 5.74) is 5.61. The molecule has 0 saturated heterocycles. The predicted octanol–water partition coefficient (Wildman–Crippen LogP) is 7.94. The lowest BCUT2D eigenvalue weighted by atomic mass is 9.98. The summed E-state index contributed by atoms with van der Waals surface area (Å²) in [6.07, 6.45) is 9.72. The van der Waals surface area contributed by atoms with E-state index in [0.717, 1.165) is 84.5 Å². The Kier molecular flexibility index (Phi) is 9.31. The Balaban J connectivity index is 2.27. The van der Waals surface area contributed by atoms with Crippen molar-refractivity contribution in [3.8, 4) is 0 Å². The van der Waals surface area contributed by atoms with Gasteiger partial charge in [0.25, 0.3) is 10.1 Å². The topological polar surface area (TPSA) is 57.6 Å². The molecular formula is C27H39NO3S2. The van der Waals surface area contributed by atoms with Gasteiger partial charge in [0.05, 0.1) is 11.4 Å². The Labute approximate surface area is 204 Å². The summed E-state index contributed by atoms with van der Waals surface area (Å²) in [5, 5.41) is -1.00. The maximum absolute atomic E-state index is 12.6. The van der Waals surface area contributed by atoms with Crippen LogP contribution in [0, 0.1) is 0 Å². The van der Waals surface area contributed by atoms with Crippen molar-refractivity contribution in [2.45, 2.75) is 107 Å². The first-order chi connectivity index (χ1) is 15.8. The highest BCUT2D eigenvalue weighted by atomic mass is 32.2. The fourth-order valence-electron chi connectivity index (χ4n) is 4.66. The van der Waals surface area contributed by atoms with Gasteiger partial charge in [0.2, 0.25) is 0 Å². The lowest BCUT2D eigenvalue weighted by Crippen LogP contribution is -2.39. The third-order valence-corrected chi connectivity index (χ3v) is 8.86. The van der Waals surface area contributed by atoms with E-state index in [1.807, 2.05) is 11.8 Å². The van der Waals surface area contributed by atoms with Gasteiger partial charge in [-0.3, -0.25) is 4.55 Å². The van der Waals surface area contributed by atoms with E-state index in [1.54, 1.807) is 11.8 Å². The van der Waals surface area contributed by atoms with Gasteiger partial charge >= 0.3 is 0 Å². The number of unbranched alkanes of at least 4 members (excludes halogenated alkanes) is 3. The minimum absolute atomic E-state index is 0.313. The average Bonchev–Trinajstić information content (AvgIpc) is 2.79.